The summed E-state index contributed by atoms with van der Waals surface area (Å²) >= 11 is 0. The van der Waals surface area contributed by atoms with Gasteiger partial charge in [0.05, 0.1) is 13.3 Å². The first-order chi connectivity index (χ1) is 12.6. The summed E-state index contributed by atoms with van der Waals surface area (Å²) in [7, 11) is 1.48. The number of pyridine rings is 1. The predicted molar refractivity (Wildman–Crippen MR) is 98.0 cm³/mol. The molecular formula is C17H18N6O3. The molecular weight excluding hydrogens is 336 g/mol. The molecule has 0 radical (unpaired) electrons. The summed E-state index contributed by atoms with van der Waals surface area (Å²) in [4.78, 5) is 24.6. The molecule has 9 heteroatoms. The first-order valence-electron chi connectivity index (χ1n) is 7.91. The number of methoxy groups -OCH3 is 1. The minimum Gasteiger partial charge on any atom is -0.504 e. The second-order valence-corrected chi connectivity index (χ2v) is 5.29. The van der Waals surface area contributed by atoms with Crippen molar-refractivity contribution in [2.24, 2.45) is 0 Å². The van der Waals surface area contributed by atoms with Crippen molar-refractivity contribution in [3.63, 3.8) is 0 Å². The highest BCUT2D eigenvalue weighted by Crippen LogP contribution is 2.29. The van der Waals surface area contributed by atoms with Crippen LogP contribution in [0.15, 0.2) is 36.5 Å². The lowest BCUT2D eigenvalue weighted by Gasteiger charge is -2.09. The third-order valence-corrected chi connectivity index (χ3v) is 3.44. The van der Waals surface area contributed by atoms with Crippen LogP contribution in [0.2, 0.25) is 0 Å². The van der Waals surface area contributed by atoms with Crippen molar-refractivity contribution in [1.82, 2.24) is 20.3 Å². The Morgan fingerprint density at radius 1 is 1.19 bits per heavy atom. The third-order valence-electron chi connectivity index (χ3n) is 3.44. The smallest absolute Gasteiger partial charge is 0.320 e. The fourth-order valence-corrected chi connectivity index (χ4v) is 2.26. The molecule has 4 N–H and O–H groups in total. The number of phenols is 1. The van der Waals surface area contributed by atoms with Gasteiger partial charge in [-0.05, 0) is 31.2 Å². The maximum Gasteiger partial charge on any atom is 0.320 e. The number of nitrogens with one attached hydrogen (secondary N) is 3. The largest absolute Gasteiger partial charge is 0.504 e. The topological polar surface area (TPSA) is 121 Å². The van der Waals surface area contributed by atoms with E-state index in [2.05, 4.69) is 30.9 Å². The molecule has 0 aliphatic rings. The van der Waals surface area contributed by atoms with Gasteiger partial charge >= 0.3 is 6.03 Å². The van der Waals surface area contributed by atoms with E-state index in [1.165, 1.54) is 13.2 Å². The van der Waals surface area contributed by atoms with Crippen LogP contribution in [0.25, 0.3) is 11.2 Å². The highest BCUT2D eigenvalue weighted by Gasteiger charge is 2.07. The van der Waals surface area contributed by atoms with E-state index in [-0.39, 0.29) is 11.8 Å². The second kappa shape index (κ2) is 7.51. The molecule has 2 aromatic heterocycles. The van der Waals surface area contributed by atoms with Crippen molar-refractivity contribution in [3.8, 4) is 11.5 Å². The number of aromatic nitrogens is 3. The van der Waals surface area contributed by atoms with Crippen LogP contribution < -0.4 is 20.7 Å². The fourth-order valence-electron chi connectivity index (χ4n) is 2.26. The minimum absolute atomic E-state index is 0.0118. The van der Waals surface area contributed by atoms with Gasteiger partial charge in [-0.2, -0.15) is 0 Å². The number of rotatable bonds is 5. The SMILES string of the molecule is CCNC(=O)Nc1ccc2ncc(Nc3ccc(OC)c(O)c3)nc2n1. The van der Waals surface area contributed by atoms with E-state index < -0.39 is 0 Å². The summed E-state index contributed by atoms with van der Waals surface area (Å²) in [5.41, 5.74) is 1.59. The maximum atomic E-state index is 11.6. The number of ether oxygens (including phenoxy) is 1. The van der Waals surface area contributed by atoms with E-state index in [1.807, 2.05) is 6.92 Å². The van der Waals surface area contributed by atoms with Crippen LogP contribution in [-0.4, -0.2) is 39.7 Å². The average molecular weight is 354 g/mol. The number of nitrogens with zero attached hydrogens (tertiary/aromatic N) is 3. The van der Waals surface area contributed by atoms with E-state index in [1.54, 1.807) is 30.5 Å². The van der Waals surface area contributed by atoms with Crippen molar-refractivity contribution >= 4 is 34.5 Å². The number of fused-ring (bicyclic) bond motifs is 1. The van der Waals surface area contributed by atoms with Crippen molar-refractivity contribution in [1.29, 1.82) is 0 Å². The molecule has 1 aromatic carbocycles. The molecule has 3 aromatic rings. The molecule has 0 aliphatic carbocycles. The standard InChI is InChI=1S/C17H18N6O3/c1-3-18-17(25)23-14-7-5-11-16(21-14)22-15(9-19-11)20-10-4-6-13(26-2)12(24)8-10/h4-9,24H,3H2,1-2H3,(H3,18,20,21,22,23,25). The zero-order chi connectivity index (χ0) is 18.5. The number of aromatic hydroxyl groups is 1. The summed E-state index contributed by atoms with van der Waals surface area (Å²) in [5, 5.41) is 18.1. The van der Waals surface area contributed by atoms with E-state index in [9.17, 15) is 9.90 Å². The van der Waals surface area contributed by atoms with Gasteiger partial charge in [-0.15, -0.1) is 0 Å². The van der Waals surface area contributed by atoms with Gasteiger partial charge in [-0.3, -0.25) is 5.32 Å². The van der Waals surface area contributed by atoms with Gasteiger partial charge in [0.2, 0.25) is 0 Å². The lowest BCUT2D eigenvalue weighted by molar-refractivity contribution is 0.252. The lowest BCUT2D eigenvalue weighted by Crippen LogP contribution is -2.28. The van der Waals surface area contributed by atoms with Gasteiger partial charge in [-0.25, -0.2) is 19.7 Å². The third kappa shape index (κ3) is 3.89. The Bertz CT molecular complexity index is 947. The van der Waals surface area contributed by atoms with Crippen molar-refractivity contribution in [3.05, 3.63) is 36.5 Å². The quantitative estimate of drug-likeness (QED) is 0.555. The van der Waals surface area contributed by atoms with Gasteiger partial charge in [0.15, 0.2) is 23.0 Å². The number of hydrogen-bond acceptors (Lipinski definition) is 7. The molecule has 9 nitrogen and oxygen atoms in total. The molecule has 3 rings (SSSR count). The molecule has 26 heavy (non-hydrogen) atoms. The zero-order valence-electron chi connectivity index (χ0n) is 14.3. The van der Waals surface area contributed by atoms with Crippen LogP contribution in [0.5, 0.6) is 11.5 Å². The number of hydrogen-bond donors (Lipinski definition) is 4. The van der Waals surface area contributed by atoms with Crippen LogP contribution in [0.1, 0.15) is 6.92 Å². The summed E-state index contributed by atoms with van der Waals surface area (Å²) in [5.74, 6) is 1.21. The number of amides is 2. The zero-order valence-corrected chi connectivity index (χ0v) is 14.3. The highest BCUT2D eigenvalue weighted by molar-refractivity contribution is 5.89. The molecule has 2 heterocycles. The Balaban J connectivity index is 1.83. The number of carbonyl (C=O) groups is 1. The van der Waals surface area contributed by atoms with Crippen LogP contribution in [-0.2, 0) is 0 Å². The first-order valence-corrected chi connectivity index (χ1v) is 7.91. The monoisotopic (exact) mass is 354 g/mol. The molecule has 0 fully saturated rings. The molecule has 2 amide bonds. The number of urea groups is 1. The Hall–Kier alpha value is -3.62. The Kier molecular flexibility index (Phi) is 4.97. The molecule has 0 atom stereocenters. The van der Waals surface area contributed by atoms with Crippen molar-refractivity contribution in [2.75, 3.05) is 24.3 Å². The van der Waals surface area contributed by atoms with E-state index in [0.717, 1.165) is 0 Å². The van der Waals surface area contributed by atoms with Gasteiger partial charge in [0.1, 0.15) is 11.3 Å². The van der Waals surface area contributed by atoms with Crippen LogP contribution in [0.4, 0.5) is 22.1 Å². The average Bonchev–Trinajstić information content (AvgIpc) is 2.62. The summed E-state index contributed by atoms with van der Waals surface area (Å²) in [6, 6.07) is 7.94. The molecule has 0 aliphatic heterocycles. The Morgan fingerprint density at radius 2 is 2.00 bits per heavy atom. The van der Waals surface area contributed by atoms with Gasteiger partial charge in [-0.1, -0.05) is 0 Å². The molecule has 0 unspecified atom stereocenters. The van der Waals surface area contributed by atoms with Crippen LogP contribution in [0, 0.1) is 0 Å². The summed E-state index contributed by atoms with van der Waals surface area (Å²) < 4.78 is 5.01. The number of carbonyl (C=O) groups excluding carboxylic acids is 1. The number of anilines is 3. The molecule has 0 saturated carbocycles. The van der Waals surface area contributed by atoms with E-state index in [4.69, 9.17) is 4.74 Å². The minimum atomic E-state index is -0.338. The maximum absolute atomic E-state index is 11.6. The fraction of sp³-hybridized carbons (Fsp3) is 0.176. The summed E-state index contributed by atoms with van der Waals surface area (Å²) in [6.07, 6.45) is 1.56. The van der Waals surface area contributed by atoms with Crippen molar-refractivity contribution < 1.29 is 14.6 Å². The molecule has 0 bridgehead atoms. The normalized spacial score (nSPS) is 10.4. The van der Waals surface area contributed by atoms with E-state index >= 15 is 0 Å². The van der Waals surface area contributed by atoms with Crippen LogP contribution in [0.3, 0.4) is 0 Å². The summed E-state index contributed by atoms with van der Waals surface area (Å²) in [6.45, 7) is 2.34. The lowest BCUT2D eigenvalue weighted by atomic mass is 10.3. The Morgan fingerprint density at radius 3 is 2.73 bits per heavy atom. The predicted octanol–water partition coefficient (Wildman–Crippen LogP) is 2.62. The van der Waals surface area contributed by atoms with Gasteiger partial charge in [0.25, 0.3) is 0 Å². The first kappa shape index (κ1) is 17.2. The second-order valence-electron chi connectivity index (χ2n) is 5.29. The van der Waals surface area contributed by atoms with Crippen LogP contribution >= 0.6 is 0 Å². The molecule has 0 spiro atoms. The van der Waals surface area contributed by atoms with Crippen molar-refractivity contribution in [2.45, 2.75) is 6.92 Å². The number of phenolic OH excluding ortho intramolecular Hbond substituents is 1. The number of benzene rings is 1. The molecule has 134 valence electrons. The van der Waals surface area contributed by atoms with Gasteiger partial charge in [0, 0.05) is 18.3 Å². The Labute approximate surface area is 149 Å². The highest BCUT2D eigenvalue weighted by atomic mass is 16.5. The molecule has 0 saturated heterocycles. The van der Waals surface area contributed by atoms with Gasteiger partial charge < -0.3 is 20.5 Å². The van der Waals surface area contributed by atoms with E-state index in [0.29, 0.717) is 40.8 Å².